The van der Waals surface area contributed by atoms with Crippen LogP contribution in [0.15, 0.2) is 24.3 Å². The third-order valence-corrected chi connectivity index (χ3v) is 4.19. The molecule has 1 aromatic rings. The molecule has 0 aliphatic heterocycles. The third-order valence-electron chi connectivity index (χ3n) is 4.19. The molecule has 0 atom stereocenters. The minimum Gasteiger partial charge on any atom is -0.497 e. The molecular formula is C16H26N2O. The van der Waals surface area contributed by atoms with Crippen molar-refractivity contribution in [3.63, 3.8) is 0 Å². The highest BCUT2D eigenvalue weighted by Gasteiger charge is 2.35. The molecule has 3 nitrogen and oxygen atoms in total. The summed E-state index contributed by atoms with van der Waals surface area (Å²) in [6, 6.07) is 8.33. The van der Waals surface area contributed by atoms with E-state index in [0.29, 0.717) is 5.41 Å². The van der Waals surface area contributed by atoms with E-state index in [1.165, 1.54) is 24.8 Å². The molecule has 106 valence electrons. The fraction of sp³-hybridized carbons (Fsp3) is 0.625. The Labute approximate surface area is 116 Å². The molecule has 2 N–H and O–H groups in total. The van der Waals surface area contributed by atoms with Crippen molar-refractivity contribution in [2.75, 3.05) is 33.8 Å². The standard InChI is InChI=1S/C16H26N2O/c1-17-12-16(8-4-9-16)13-18-10-7-14-5-3-6-15(11-14)19-2/h3,5-6,11,17-18H,4,7-10,12-13H2,1-2H3. The van der Waals surface area contributed by atoms with Crippen molar-refractivity contribution in [3.05, 3.63) is 29.8 Å². The molecule has 0 amide bonds. The lowest BCUT2D eigenvalue weighted by Gasteiger charge is -2.42. The Morgan fingerprint density at radius 2 is 2.11 bits per heavy atom. The van der Waals surface area contributed by atoms with Crippen LogP contribution in [-0.2, 0) is 6.42 Å². The Morgan fingerprint density at radius 3 is 2.74 bits per heavy atom. The van der Waals surface area contributed by atoms with Gasteiger partial charge in [-0.25, -0.2) is 0 Å². The molecule has 1 aliphatic rings. The average Bonchev–Trinajstić information content (AvgIpc) is 2.40. The third kappa shape index (κ3) is 3.95. The van der Waals surface area contributed by atoms with Gasteiger partial charge >= 0.3 is 0 Å². The highest BCUT2D eigenvalue weighted by Crippen LogP contribution is 2.39. The minimum atomic E-state index is 0.517. The number of rotatable bonds is 8. The number of methoxy groups -OCH3 is 1. The van der Waals surface area contributed by atoms with Gasteiger partial charge in [0, 0.05) is 13.1 Å². The molecule has 0 heterocycles. The van der Waals surface area contributed by atoms with Crippen molar-refractivity contribution >= 4 is 0 Å². The Bertz CT molecular complexity index is 388. The quantitative estimate of drug-likeness (QED) is 0.705. The maximum Gasteiger partial charge on any atom is 0.119 e. The first-order valence-electron chi connectivity index (χ1n) is 7.26. The van der Waals surface area contributed by atoms with Gasteiger partial charge in [0.25, 0.3) is 0 Å². The van der Waals surface area contributed by atoms with E-state index >= 15 is 0 Å². The molecule has 1 aliphatic carbocycles. The second-order valence-electron chi connectivity index (χ2n) is 5.66. The smallest absolute Gasteiger partial charge is 0.119 e. The van der Waals surface area contributed by atoms with Crippen LogP contribution in [0.4, 0.5) is 0 Å². The number of hydrogen-bond acceptors (Lipinski definition) is 3. The lowest BCUT2D eigenvalue weighted by Crippen LogP contribution is -2.46. The number of benzene rings is 1. The van der Waals surface area contributed by atoms with Crippen molar-refractivity contribution < 1.29 is 4.74 Å². The van der Waals surface area contributed by atoms with Crippen LogP contribution in [0.25, 0.3) is 0 Å². The van der Waals surface area contributed by atoms with Gasteiger partial charge in [-0.15, -0.1) is 0 Å². The van der Waals surface area contributed by atoms with E-state index in [-0.39, 0.29) is 0 Å². The van der Waals surface area contributed by atoms with Crippen LogP contribution in [0.5, 0.6) is 5.75 Å². The van der Waals surface area contributed by atoms with Crippen LogP contribution in [0.1, 0.15) is 24.8 Å². The van der Waals surface area contributed by atoms with Crippen LogP contribution in [0, 0.1) is 5.41 Å². The summed E-state index contributed by atoms with van der Waals surface area (Å²) in [5, 5.41) is 6.95. The normalized spacial score (nSPS) is 16.9. The topological polar surface area (TPSA) is 33.3 Å². The Hall–Kier alpha value is -1.06. The van der Waals surface area contributed by atoms with E-state index in [9.17, 15) is 0 Å². The molecule has 3 heteroatoms. The Morgan fingerprint density at radius 1 is 1.26 bits per heavy atom. The summed E-state index contributed by atoms with van der Waals surface area (Å²) in [5.41, 5.74) is 1.85. The van der Waals surface area contributed by atoms with E-state index in [4.69, 9.17) is 4.74 Å². The molecule has 0 spiro atoms. The van der Waals surface area contributed by atoms with Crippen LogP contribution in [0.2, 0.25) is 0 Å². The van der Waals surface area contributed by atoms with E-state index in [1.54, 1.807) is 7.11 Å². The molecule has 19 heavy (non-hydrogen) atoms. The fourth-order valence-electron chi connectivity index (χ4n) is 2.88. The summed E-state index contributed by atoms with van der Waals surface area (Å²) in [7, 11) is 3.77. The lowest BCUT2D eigenvalue weighted by atomic mass is 9.68. The summed E-state index contributed by atoms with van der Waals surface area (Å²) >= 11 is 0. The van der Waals surface area contributed by atoms with Gasteiger partial charge in [-0.3, -0.25) is 0 Å². The van der Waals surface area contributed by atoms with Gasteiger partial charge in [0.15, 0.2) is 0 Å². The monoisotopic (exact) mass is 262 g/mol. The maximum absolute atomic E-state index is 5.25. The van der Waals surface area contributed by atoms with Crippen molar-refractivity contribution in [1.82, 2.24) is 10.6 Å². The summed E-state index contributed by atoms with van der Waals surface area (Å²) < 4.78 is 5.25. The van der Waals surface area contributed by atoms with Gasteiger partial charge in [-0.2, -0.15) is 0 Å². The zero-order valence-electron chi connectivity index (χ0n) is 12.2. The van der Waals surface area contributed by atoms with E-state index in [2.05, 4.69) is 35.9 Å². The molecule has 0 radical (unpaired) electrons. The van der Waals surface area contributed by atoms with E-state index < -0.39 is 0 Å². The van der Waals surface area contributed by atoms with Gasteiger partial charge in [-0.05, 0) is 56.0 Å². The summed E-state index contributed by atoms with van der Waals surface area (Å²) in [5.74, 6) is 0.947. The van der Waals surface area contributed by atoms with Crippen molar-refractivity contribution in [2.45, 2.75) is 25.7 Å². The van der Waals surface area contributed by atoms with Gasteiger partial charge in [0.1, 0.15) is 5.75 Å². The van der Waals surface area contributed by atoms with E-state index in [1.807, 2.05) is 6.07 Å². The molecule has 0 unspecified atom stereocenters. The van der Waals surface area contributed by atoms with Gasteiger partial charge in [-0.1, -0.05) is 18.6 Å². The fourth-order valence-corrected chi connectivity index (χ4v) is 2.88. The Kier molecular flexibility index (Phi) is 5.23. The molecule has 1 saturated carbocycles. The van der Waals surface area contributed by atoms with Crippen LogP contribution in [-0.4, -0.2) is 33.8 Å². The first-order chi connectivity index (χ1) is 9.28. The molecule has 1 fully saturated rings. The highest BCUT2D eigenvalue weighted by molar-refractivity contribution is 5.28. The first-order valence-corrected chi connectivity index (χ1v) is 7.26. The SMILES string of the molecule is CNCC1(CNCCc2cccc(OC)c2)CCC1. The molecule has 0 saturated heterocycles. The van der Waals surface area contributed by atoms with Crippen molar-refractivity contribution in [3.8, 4) is 5.75 Å². The zero-order valence-corrected chi connectivity index (χ0v) is 12.2. The van der Waals surface area contributed by atoms with Gasteiger partial charge in [0.2, 0.25) is 0 Å². The van der Waals surface area contributed by atoms with Gasteiger partial charge < -0.3 is 15.4 Å². The second kappa shape index (κ2) is 6.92. The van der Waals surface area contributed by atoms with Gasteiger partial charge in [0.05, 0.1) is 7.11 Å². The summed E-state index contributed by atoms with van der Waals surface area (Å²) in [6.07, 6.45) is 5.17. The molecule has 0 bridgehead atoms. The molecule has 2 rings (SSSR count). The second-order valence-corrected chi connectivity index (χ2v) is 5.66. The number of hydrogen-bond donors (Lipinski definition) is 2. The summed E-state index contributed by atoms with van der Waals surface area (Å²) in [4.78, 5) is 0. The molecule has 1 aromatic carbocycles. The van der Waals surface area contributed by atoms with Crippen LogP contribution in [0.3, 0.4) is 0 Å². The van der Waals surface area contributed by atoms with Crippen molar-refractivity contribution in [2.24, 2.45) is 5.41 Å². The number of nitrogens with one attached hydrogen (secondary N) is 2. The molecule has 0 aromatic heterocycles. The predicted molar refractivity (Wildman–Crippen MR) is 79.8 cm³/mol. The first kappa shape index (κ1) is 14.4. The zero-order chi connectivity index (χ0) is 13.6. The number of ether oxygens (including phenoxy) is 1. The lowest BCUT2D eigenvalue weighted by molar-refractivity contribution is 0.131. The van der Waals surface area contributed by atoms with Crippen molar-refractivity contribution in [1.29, 1.82) is 0 Å². The van der Waals surface area contributed by atoms with Crippen LogP contribution < -0.4 is 15.4 Å². The Balaban J connectivity index is 1.71. The minimum absolute atomic E-state index is 0.517. The summed E-state index contributed by atoms with van der Waals surface area (Å²) in [6.45, 7) is 3.32. The predicted octanol–water partition coefficient (Wildman–Crippen LogP) is 2.22. The molecular weight excluding hydrogens is 236 g/mol. The largest absolute Gasteiger partial charge is 0.497 e. The van der Waals surface area contributed by atoms with Crippen LogP contribution >= 0.6 is 0 Å². The van der Waals surface area contributed by atoms with E-state index in [0.717, 1.165) is 31.8 Å². The maximum atomic E-state index is 5.25. The highest BCUT2D eigenvalue weighted by atomic mass is 16.5. The average molecular weight is 262 g/mol.